The molecule has 1 amide bonds. The van der Waals surface area contributed by atoms with Crippen molar-refractivity contribution in [2.24, 2.45) is 0 Å². The highest BCUT2D eigenvalue weighted by Crippen LogP contribution is 2.36. The summed E-state index contributed by atoms with van der Waals surface area (Å²) >= 11 is 2.55. The van der Waals surface area contributed by atoms with Crippen molar-refractivity contribution in [1.29, 1.82) is 0 Å². The fourth-order valence-electron chi connectivity index (χ4n) is 2.47. The van der Waals surface area contributed by atoms with Crippen LogP contribution in [-0.4, -0.2) is 34.2 Å². The van der Waals surface area contributed by atoms with E-state index in [1.807, 2.05) is 42.6 Å². The van der Waals surface area contributed by atoms with Gasteiger partial charge in [0.15, 0.2) is 5.16 Å². The van der Waals surface area contributed by atoms with Crippen LogP contribution in [0.4, 0.5) is 5.00 Å². The lowest BCUT2D eigenvalue weighted by atomic mass is 10.0. The molecular weight excluding hydrogens is 394 g/mol. The third-order valence-electron chi connectivity index (χ3n) is 3.71. The van der Waals surface area contributed by atoms with Gasteiger partial charge in [0, 0.05) is 22.8 Å². The number of nitrogens with zero attached hydrogens (tertiary/aromatic N) is 2. The van der Waals surface area contributed by atoms with Gasteiger partial charge in [-0.15, -0.1) is 11.3 Å². The van der Waals surface area contributed by atoms with Crippen LogP contribution in [0.1, 0.15) is 23.0 Å². The average molecular weight is 414 g/mol. The first-order chi connectivity index (χ1) is 13.6. The van der Waals surface area contributed by atoms with Crippen LogP contribution in [0.15, 0.2) is 53.1 Å². The summed E-state index contributed by atoms with van der Waals surface area (Å²) in [6.07, 6.45) is 1.66. The third kappa shape index (κ3) is 4.96. The van der Waals surface area contributed by atoms with Crippen LogP contribution in [0, 0.1) is 6.92 Å². The van der Waals surface area contributed by atoms with Crippen molar-refractivity contribution in [3.8, 4) is 11.1 Å². The molecule has 6 nitrogen and oxygen atoms in total. The number of hydrogen-bond acceptors (Lipinski definition) is 7. The zero-order chi connectivity index (χ0) is 19.9. The molecule has 0 radical (unpaired) electrons. The molecule has 0 fully saturated rings. The van der Waals surface area contributed by atoms with Crippen LogP contribution in [0.5, 0.6) is 0 Å². The fraction of sp³-hybridized carbons (Fsp3) is 0.200. The molecule has 0 aliphatic carbocycles. The molecule has 0 bridgehead atoms. The lowest BCUT2D eigenvalue weighted by Crippen LogP contribution is -2.16. The molecule has 3 rings (SSSR count). The average Bonchev–Trinajstić information content (AvgIpc) is 3.11. The predicted octanol–water partition coefficient (Wildman–Crippen LogP) is 4.42. The van der Waals surface area contributed by atoms with Crippen molar-refractivity contribution in [2.45, 2.75) is 19.0 Å². The van der Waals surface area contributed by atoms with Crippen LogP contribution < -0.4 is 5.32 Å². The van der Waals surface area contributed by atoms with Gasteiger partial charge in [-0.25, -0.2) is 14.8 Å². The van der Waals surface area contributed by atoms with E-state index in [0.717, 1.165) is 16.8 Å². The Hall–Kier alpha value is -2.71. The van der Waals surface area contributed by atoms with Gasteiger partial charge >= 0.3 is 5.97 Å². The number of anilines is 1. The molecular formula is C20H19N3O3S2. The van der Waals surface area contributed by atoms with Crippen molar-refractivity contribution >= 4 is 40.0 Å². The molecule has 2 heterocycles. The molecule has 0 saturated carbocycles. The van der Waals surface area contributed by atoms with Crippen molar-refractivity contribution in [3.05, 3.63) is 59.2 Å². The number of aryl methyl sites for hydroxylation is 1. The lowest BCUT2D eigenvalue weighted by Gasteiger charge is -2.08. The summed E-state index contributed by atoms with van der Waals surface area (Å²) in [5, 5.41) is 5.70. The first-order valence-electron chi connectivity index (χ1n) is 8.64. The minimum atomic E-state index is -0.451. The lowest BCUT2D eigenvalue weighted by molar-refractivity contribution is -0.113. The Kier molecular flexibility index (Phi) is 6.78. The van der Waals surface area contributed by atoms with Crippen molar-refractivity contribution in [1.82, 2.24) is 9.97 Å². The maximum Gasteiger partial charge on any atom is 0.341 e. The molecule has 1 N–H and O–H groups in total. The number of amides is 1. The predicted molar refractivity (Wildman–Crippen MR) is 112 cm³/mol. The van der Waals surface area contributed by atoms with E-state index in [1.165, 1.54) is 23.1 Å². The first kappa shape index (κ1) is 20.0. The van der Waals surface area contributed by atoms with E-state index in [1.54, 1.807) is 19.2 Å². The van der Waals surface area contributed by atoms with Crippen molar-refractivity contribution < 1.29 is 14.3 Å². The smallest absolute Gasteiger partial charge is 0.341 e. The van der Waals surface area contributed by atoms with Gasteiger partial charge in [-0.1, -0.05) is 42.1 Å². The van der Waals surface area contributed by atoms with Crippen LogP contribution in [0.25, 0.3) is 11.1 Å². The quantitative estimate of drug-likeness (QED) is 0.351. The van der Waals surface area contributed by atoms with E-state index in [9.17, 15) is 9.59 Å². The second kappa shape index (κ2) is 9.48. The van der Waals surface area contributed by atoms with Gasteiger partial charge < -0.3 is 10.1 Å². The second-order valence-electron chi connectivity index (χ2n) is 5.76. The number of carbonyl (C=O) groups excluding carboxylic acids is 2. The number of nitrogens with one attached hydrogen (secondary N) is 1. The highest BCUT2D eigenvalue weighted by Gasteiger charge is 2.22. The Morgan fingerprint density at radius 3 is 2.71 bits per heavy atom. The molecule has 0 atom stereocenters. The minimum absolute atomic E-state index is 0.143. The number of thioether (sulfide) groups is 1. The SMILES string of the molecule is CCOC(=O)c1c(-c2ccccc2)csc1NC(=O)CSc1nccc(C)n1. The second-order valence-corrected chi connectivity index (χ2v) is 7.58. The molecule has 144 valence electrons. The van der Waals surface area contributed by atoms with Gasteiger partial charge in [0.2, 0.25) is 5.91 Å². The summed E-state index contributed by atoms with van der Waals surface area (Å²) in [6.45, 7) is 3.88. The summed E-state index contributed by atoms with van der Waals surface area (Å²) in [4.78, 5) is 33.3. The summed E-state index contributed by atoms with van der Waals surface area (Å²) < 4.78 is 5.20. The van der Waals surface area contributed by atoms with Crippen LogP contribution >= 0.6 is 23.1 Å². The number of ether oxygens (including phenoxy) is 1. The normalized spacial score (nSPS) is 10.5. The summed E-state index contributed by atoms with van der Waals surface area (Å²) in [7, 11) is 0. The number of carbonyl (C=O) groups is 2. The number of rotatable bonds is 7. The summed E-state index contributed by atoms with van der Waals surface area (Å²) in [5.74, 6) is -0.542. The number of esters is 1. The molecule has 0 spiro atoms. The highest BCUT2D eigenvalue weighted by molar-refractivity contribution is 7.99. The van der Waals surface area contributed by atoms with Gasteiger partial charge in [0.1, 0.15) is 10.6 Å². The van der Waals surface area contributed by atoms with Gasteiger partial charge in [-0.2, -0.15) is 0 Å². The highest BCUT2D eigenvalue weighted by atomic mass is 32.2. The van der Waals surface area contributed by atoms with E-state index in [-0.39, 0.29) is 18.3 Å². The Labute approximate surface area is 171 Å². The monoisotopic (exact) mass is 413 g/mol. The van der Waals surface area contributed by atoms with Crippen LogP contribution in [0.3, 0.4) is 0 Å². The van der Waals surface area contributed by atoms with E-state index in [4.69, 9.17) is 4.74 Å². The first-order valence-corrected chi connectivity index (χ1v) is 10.5. The topological polar surface area (TPSA) is 81.2 Å². The molecule has 0 unspecified atom stereocenters. The van der Waals surface area contributed by atoms with Crippen LogP contribution in [-0.2, 0) is 9.53 Å². The Morgan fingerprint density at radius 2 is 2.00 bits per heavy atom. The molecule has 0 aliphatic heterocycles. The zero-order valence-corrected chi connectivity index (χ0v) is 17.1. The number of thiophene rings is 1. The molecule has 0 saturated heterocycles. The van der Waals surface area contributed by atoms with Gasteiger partial charge in [0.05, 0.1) is 12.4 Å². The Balaban J connectivity index is 1.78. The number of aromatic nitrogens is 2. The molecule has 8 heteroatoms. The number of hydrogen-bond donors (Lipinski definition) is 1. The van der Waals surface area contributed by atoms with Crippen molar-refractivity contribution in [2.75, 3.05) is 17.7 Å². The molecule has 28 heavy (non-hydrogen) atoms. The maximum atomic E-state index is 12.5. The minimum Gasteiger partial charge on any atom is -0.462 e. The summed E-state index contributed by atoms with van der Waals surface area (Å²) in [6, 6.07) is 11.3. The Morgan fingerprint density at radius 1 is 1.21 bits per heavy atom. The Bertz CT molecular complexity index is 974. The third-order valence-corrected chi connectivity index (χ3v) is 5.47. The largest absolute Gasteiger partial charge is 0.462 e. The maximum absolute atomic E-state index is 12.5. The van der Waals surface area contributed by atoms with E-state index < -0.39 is 5.97 Å². The van der Waals surface area contributed by atoms with Gasteiger partial charge in [-0.3, -0.25) is 4.79 Å². The zero-order valence-electron chi connectivity index (χ0n) is 15.5. The molecule has 1 aromatic carbocycles. The van der Waals surface area contributed by atoms with Crippen molar-refractivity contribution in [3.63, 3.8) is 0 Å². The van der Waals surface area contributed by atoms with E-state index >= 15 is 0 Å². The van der Waals surface area contributed by atoms with E-state index in [2.05, 4.69) is 15.3 Å². The standard InChI is InChI=1S/C20H19N3O3S2/c1-3-26-19(25)17-15(14-7-5-4-6-8-14)11-27-18(17)23-16(24)12-28-20-21-10-9-13(2)22-20/h4-11H,3,12H2,1-2H3,(H,23,24). The van der Waals surface area contributed by atoms with Gasteiger partial charge in [-0.05, 0) is 25.5 Å². The summed E-state index contributed by atoms with van der Waals surface area (Å²) in [5.41, 5.74) is 2.86. The fourth-order valence-corrected chi connectivity index (χ4v) is 4.12. The molecule has 0 aliphatic rings. The van der Waals surface area contributed by atoms with Gasteiger partial charge in [0.25, 0.3) is 0 Å². The van der Waals surface area contributed by atoms with Crippen LogP contribution in [0.2, 0.25) is 0 Å². The number of benzene rings is 1. The van der Waals surface area contributed by atoms with E-state index in [0.29, 0.717) is 15.7 Å². The molecule has 2 aromatic heterocycles. The molecule has 3 aromatic rings.